The third-order valence-corrected chi connectivity index (χ3v) is 5.31. The molecule has 2 aromatic heterocycles. The van der Waals surface area contributed by atoms with E-state index in [0.717, 1.165) is 47.7 Å². The largest absolute Gasteiger partial charge is 0.324 e. The fourth-order valence-electron chi connectivity index (χ4n) is 3.90. The number of nitrogens with one attached hydrogen (secondary N) is 1. The number of carbonyl (C=O) groups excluding carboxylic acids is 1. The fraction of sp³-hybridized carbons (Fsp3) is 0.381. The number of anilines is 1. The van der Waals surface area contributed by atoms with Crippen LogP contribution in [-0.4, -0.2) is 38.6 Å². The molecule has 1 atom stereocenters. The lowest BCUT2D eigenvalue weighted by Gasteiger charge is -2.18. The molecule has 1 aliphatic rings. The topological polar surface area (TPSA) is 63.1 Å². The number of imidazole rings is 1. The quantitative estimate of drug-likeness (QED) is 0.762. The van der Waals surface area contributed by atoms with E-state index in [0.29, 0.717) is 6.54 Å². The lowest BCUT2D eigenvalue weighted by Crippen LogP contribution is -2.33. The summed E-state index contributed by atoms with van der Waals surface area (Å²) >= 11 is 0. The van der Waals surface area contributed by atoms with E-state index in [4.69, 9.17) is 4.98 Å². The molecule has 140 valence electrons. The minimum Gasteiger partial charge on any atom is -0.324 e. The van der Waals surface area contributed by atoms with Crippen LogP contribution >= 0.6 is 0 Å². The van der Waals surface area contributed by atoms with Gasteiger partial charge in [0.05, 0.1) is 0 Å². The van der Waals surface area contributed by atoms with Gasteiger partial charge in [0.2, 0.25) is 0 Å². The Balaban J connectivity index is 1.51. The highest BCUT2D eigenvalue weighted by Crippen LogP contribution is 2.29. The molecule has 1 fully saturated rings. The van der Waals surface area contributed by atoms with Gasteiger partial charge in [-0.2, -0.15) is 0 Å². The summed E-state index contributed by atoms with van der Waals surface area (Å²) in [6.07, 6.45) is 2.72. The monoisotopic (exact) mass is 363 g/mol. The van der Waals surface area contributed by atoms with Crippen molar-refractivity contribution >= 4 is 22.9 Å². The molecule has 2 amide bonds. The summed E-state index contributed by atoms with van der Waals surface area (Å²) in [6.45, 7) is 8.43. The third kappa shape index (κ3) is 3.27. The maximum Gasteiger partial charge on any atom is 0.321 e. The van der Waals surface area contributed by atoms with E-state index in [1.165, 1.54) is 5.56 Å². The summed E-state index contributed by atoms with van der Waals surface area (Å²) < 4.78 is 2.17. The molecule has 0 aliphatic carbocycles. The van der Waals surface area contributed by atoms with Crippen LogP contribution in [0.15, 0.2) is 36.5 Å². The van der Waals surface area contributed by atoms with Crippen LogP contribution in [0.1, 0.15) is 36.2 Å². The van der Waals surface area contributed by atoms with Crippen molar-refractivity contribution in [2.24, 2.45) is 0 Å². The first-order valence-corrected chi connectivity index (χ1v) is 9.51. The average Bonchev–Trinajstić information content (AvgIpc) is 3.28. The number of fused-ring (bicyclic) bond motifs is 1. The molecule has 4 rings (SSSR count). The number of hydrogen-bond acceptors (Lipinski definition) is 3. The number of aromatic nitrogens is 3. The van der Waals surface area contributed by atoms with Gasteiger partial charge >= 0.3 is 6.03 Å². The van der Waals surface area contributed by atoms with Gasteiger partial charge in [-0.3, -0.25) is 0 Å². The molecule has 3 heterocycles. The van der Waals surface area contributed by atoms with Gasteiger partial charge in [-0.1, -0.05) is 17.7 Å². The number of benzene rings is 1. The number of carbonyl (C=O) groups is 1. The summed E-state index contributed by atoms with van der Waals surface area (Å²) in [5.41, 5.74) is 5.00. The molecule has 0 saturated carbocycles. The molecule has 1 N–H and O–H groups in total. The maximum atomic E-state index is 12.7. The molecule has 1 aliphatic heterocycles. The molecule has 6 heteroatoms. The Morgan fingerprint density at radius 1 is 1.30 bits per heavy atom. The highest BCUT2D eigenvalue weighted by atomic mass is 16.2. The number of aryl methyl sites for hydroxylation is 3. The maximum absolute atomic E-state index is 12.7. The molecule has 0 unspecified atom stereocenters. The van der Waals surface area contributed by atoms with Crippen molar-refractivity contribution in [3.63, 3.8) is 0 Å². The van der Waals surface area contributed by atoms with Crippen LogP contribution < -0.4 is 5.32 Å². The van der Waals surface area contributed by atoms with E-state index in [9.17, 15) is 4.79 Å². The zero-order valence-electron chi connectivity index (χ0n) is 16.1. The zero-order valence-corrected chi connectivity index (χ0v) is 16.1. The second-order valence-corrected chi connectivity index (χ2v) is 7.24. The van der Waals surface area contributed by atoms with Gasteiger partial charge in [-0.15, -0.1) is 0 Å². The Labute approximate surface area is 159 Å². The predicted molar refractivity (Wildman–Crippen MR) is 107 cm³/mol. The van der Waals surface area contributed by atoms with Gasteiger partial charge in [-0.05, 0) is 51.0 Å². The third-order valence-electron chi connectivity index (χ3n) is 5.31. The molecule has 0 radical (unpaired) electrons. The van der Waals surface area contributed by atoms with Gasteiger partial charge in [-0.25, -0.2) is 14.8 Å². The van der Waals surface area contributed by atoms with Crippen LogP contribution in [0.4, 0.5) is 10.5 Å². The number of nitrogens with zero attached hydrogens (tertiary/aromatic N) is 4. The SMILES string of the molecule is CCn1c([C@@H]2CCN(C(=O)Nc3ccc(C)cc3C)C2)nc2cccnc21. The van der Waals surface area contributed by atoms with Gasteiger partial charge in [0.1, 0.15) is 11.3 Å². The lowest BCUT2D eigenvalue weighted by molar-refractivity contribution is 0.222. The summed E-state index contributed by atoms with van der Waals surface area (Å²) in [4.78, 5) is 23.9. The molecule has 27 heavy (non-hydrogen) atoms. The van der Waals surface area contributed by atoms with Crippen LogP contribution in [0, 0.1) is 13.8 Å². The summed E-state index contributed by atoms with van der Waals surface area (Å²) in [5.74, 6) is 1.28. The first kappa shape index (κ1) is 17.5. The Morgan fingerprint density at radius 2 is 2.15 bits per heavy atom. The van der Waals surface area contributed by atoms with Crippen LogP contribution in [0.2, 0.25) is 0 Å². The minimum atomic E-state index is -0.0401. The molecular formula is C21H25N5O. The van der Waals surface area contributed by atoms with Crippen molar-refractivity contribution in [1.29, 1.82) is 0 Å². The van der Waals surface area contributed by atoms with E-state index in [1.807, 2.05) is 36.1 Å². The van der Waals surface area contributed by atoms with Crippen LogP contribution in [-0.2, 0) is 6.54 Å². The Kier molecular flexibility index (Phi) is 4.56. The van der Waals surface area contributed by atoms with E-state index in [2.05, 4.69) is 34.8 Å². The van der Waals surface area contributed by atoms with Crippen LogP contribution in [0.3, 0.4) is 0 Å². The average molecular weight is 363 g/mol. The van der Waals surface area contributed by atoms with Gasteiger partial charge in [0.15, 0.2) is 5.65 Å². The van der Waals surface area contributed by atoms with Crippen molar-refractivity contribution in [3.05, 3.63) is 53.5 Å². The predicted octanol–water partition coefficient (Wildman–Crippen LogP) is 4.09. The number of likely N-dealkylation sites (tertiary alicyclic amines) is 1. The number of amides is 2. The minimum absolute atomic E-state index is 0.0401. The van der Waals surface area contributed by atoms with Crippen molar-refractivity contribution in [1.82, 2.24) is 19.4 Å². The van der Waals surface area contributed by atoms with E-state index in [1.54, 1.807) is 6.20 Å². The van der Waals surface area contributed by atoms with E-state index < -0.39 is 0 Å². The number of rotatable bonds is 3. The van der Waals surface area contributed by atoms with Crippen molar-refractivity contribution in [2.75, 3.05) is 18.4 Å². The highest BCUT2D eigenvalue weighted by Gasteiger charge is 2.31. The molecule has 0 spiro atoms. The second-order valence-electron chi connectivity index (χ2n) is 7.24. The standard InChI is InChI=1S/C21H25N5O/c1-4-26-19(23-18-6-5-10-22-20(18)26)16-9-11-25(13-16)21(27)24-17-8-7-14(2)12-15(17)3/h5-8,10,12,16H,4,9,11,13H2,1-3H3,(H,24,27)/t16-/m1/s1. The lowest BCUT2D eigenvalue weighted by atomic mass is 10.1. The summed E-state index contributed by atoms with van der Waals surface area (Å²) in [7, 11) is 0. The normalized spacial score (nSPS) is 16.9. The first-order chi connectivity index (χ1) is 13.1. The highest BCUT2D eigenvalue weighted by molar-refractivity contribution is 5.90. The number of urea groups is 1. The number of pyridine rings is 1. The molecule has 6 nitrogen and oxygen atoms in total. The van der Waals surface area contributed by atoms with Gasteiger partial charge < -0.3 is 14.8 Å². The Bertz CT molecular complexity index is 993. The summed E-state index contributed by atoms with van der Waals surface area (Å²) in [6, 6.07) is 9.94. The summed E-state index contributed by atoms with van der Waals surface area (Å²) in [5, 5.41) is 3.05. The van der Waals surface area contributed by atoms with E-state index in [-0.39, 0.29) is 11.9 Å². The van der Waals surface area contributed by atoms with Crippen molar-refractivity contribution in [2.45, 2.75) is 39.7 Å². The number of hydrogen-bond donors (Lipinski definition) is 1. The van der Waals surface area contributed by atoms with Crippen molar-refractivity contribution in [3.8, 4) is 0 Å². The Morgan fingerprint density at radius 3 is 2.93 bits per heavy atom. The smallest absolute Gasteiger partial charge is 0.321 e. The first-order valence-electron chi connectivity index (χ1n) is 9.51. The van der Waals surface area contributed by atoms with Gasteiger partial charge in [0, 0.05) is 37.4 Å². The Hall–Kier alpha value is -2.89. The second kappa shape index (κ2) is 7.02. The molecule has 1 saturated heterocycles. The van der Waals surface area contributed by atoms with Crippen LogP contribution in [0.25, 0.3) is 11.2 Å². The fourth-order valence-corrected chi connectivity index (χ4v) is 3.90. The molecule has 0 bridgehead atoms. The zero-order chi connectivity index (χ0) is 19.0. The van der Waals surface area contributed by atoms with Crippen molar-refractivity contribution < 1.29 is 4.79 Å². The van der Waals surface area contributed by atoms with E-state index >= 15 is 0 Å². The molecule has 1 aromatic carbocycles. The van der Waals surface area contributed by atoms with Crippen LogP contribution in [0.5, 0.6) is 0 Å². The molecular weight excluding hydrogens is 338 g/mol. The van der Waals surface area contributed by atoms with Gasteiger partial charge in [0.25, 0.3) is 0 Å². The molecule has 3 aromatic rings.